The third-order valence-corrected chi connectivity index (χ3v) is 6.80. The van der Waals surface area contributed by atoms with E-state index in [-0.39, 0.29) is 31.4 Å². The zero-order valence-corrected chi connectivity index (χ0v) is 19.5. The predicted molar refractivity (Wildman–Crippen MR) is 131 cm³/mol. The van der Waals surface area contributed by atoms with Crippen LogP contribution in [0, 0.1) is 5.82 Å². The highest BCUT2D eigenvalue weighted by Gasteiger charge is 2.21. The average Bonchev–Trinajstić information content (AvgIpc) is 3.27. The molecule has 4 rings (SSSR count). The maximum Gasteiger partial charge on any atom is 0.224 e. The van der Waals surface area contributed by atoms with E-state index in [1.807, 2.05) is 18.2 Å². The molecule has 1 fully saturated rings. The van der Waals surface area contributed by atoms with Crippen molar-refractivity contribution in [1.82, 2.24) is 14.8 Å². The van der Waals surface area contributed by atoms with Gasteiger partial charge in [-0.15, -0.1) is 0 Å². The molecule has 1 aliphatic heterocycles. The number of hydrogen-bond donors (Lipinski definition) is 3. The second-order valence-electron chi connectivity index (χ2n) is 9.20. The van der Waals surface area contributed by atoms with Crippen LogP contribution >= 0.6 is 0 Å². The number of halogens is 1. The van der Waals surface area contributed by atoms with E-state index in [0.29, 0.717) is 12.5 Å². The number of aliphatic hydroxyl groups is 2. The van der Waals surface area contributed by atoms with Crippen LogP contribution in [0.3, 0.4) is 0 Å². The first-order chi connectivity index (χ1) is 16.6. The highest BCUT2D eigenvalue weighted by atomic mass is 19.1. The summed E-state index contributed by atoms with van der Waals surface area (Å²) < 4.78 is 15.4. The number of rotatable bonds is 10. The zero-order valence-electron chi connectivity index (χ0n) is 19.5. The summed E-state index contributed by atoms with van der Waals surface area (Å²) in [5.41, 5.74) is 3.24. The van der Waals surface area contributed by atoms with E-state index in [2.05, 4.69) is 39.2 Å². The molecule has 1 aromatic heterocycles. The number of nitrogens with zero attached hydrogens (tertiary/aromatic N) is 2. The molecule has 34 heavy (non-hydrogen) atoms. The maximum absolute atomic E-state index is 13.1. The number of amides is 1. The third kappa shape index (κ3) is 6.23. The van der Waals surface area contributed by atoms with Crippen molar-refractivity contribution in [1.29, 1.82) is 0 Å². The molecule has 182 valence electrons. The minimum Gasteiger partial charge on any atom is -0.396 e. The van der Waals surface area contributed by atoms with Crippen LogP contribution in [-0.2, 0) is 17.6 Å². The Morgan fingerprint density at radius 3 is 2.50 bits per heavy atom. The number of likely N-dealkylation sites (tertiary alicyclic amines) is 1. The molecule has 0 saturated carbocycles. The van der Waals surface area contributed by atoms with Gasteiger partial charge < -0.3 is 25.0 Å². The van der Waals surface area contributed by atoms with E-state index in [9.17, 15) is 14.3 Å². The number of nitrogens with one attached hydrogen (secondary N) is 1. The van der Waals surface area contributed by atoms with Crippen molar-refractivity contribution < 1.29 is 19.4 Å². The Bertz CT molecular complexity index is 1070. The fraction of sp³-hybridized carbons (Fsp3) is 0.444. The summed E-state index contributed by atoms with van der Waals surface area (Å²) in [6, 6.07) is 15.0. The highest BCUT2D eigenvalue weighted by molar-refractivity contribution is 5.84. The molecule has 1 amide bonds. The van der Waals surface area contributed by atoms with Gasteiger partial charge >= 0.3 is 0 Å². The van der Waals surface area contributed by atoms with Crippen LogP contribution in [0.5, 0.6) is 0 Å². The Balaban J connectivity index is 1.34. The Morgan fingerprint density at radius 1 is 1.06 bits per heavy atom. The molecule has 2 heterocycles. The first kappa shape index (κ1) is 24.4. The summed E-state index contributed by atoms with van der Waals surface area (Å²) in [6.45, 7) is 2.78. The Labute approximate surface area is 200 Å². The summed E-state index contributed by atoms with van der Waals surface area (Å²) in [4.78, 5) is 14.9. The number of aromatic nitrogens is 1. The monoisotopic (exact) mass is 467 g/mol. The fourth-order valence-corrected chi connectivity index (χ4v) is 4.81. The summed E-state index contributed by atoms with van der Waals surface area (Å²) >= 11 is 0. The predicted octanol–water partition coefficient (Wildman–Crippen LogP) is 3.06. The maximum atomic E-state index is 13.1. The van der Waals surface area contributed by atoms with Crippen molar-refractivity contribution in [3.63, 3.8) is 0 Å². The van der Waals surface area contributed by atoms with Crippen LogP contribution in [0.1, 0.15) is 36.4 Å². The summed E-state index contributed by atoms with van der Waals surface area (Å²) in [6.07, 6.45) is 5.79. The second-order valence-corrected chi connectivity index (χ2v) is 9.20. The number of fused-ring (bicyclic) bond motifs is 1. The quantitative estimate of drug-likeness (QED) is 0.428. The SMILES string of the molecule is O=C(Cc1ccc2ccn(C3CCN(CCc4ccc(F)cc4)CC3)c2c1)NC(CO)CCO. The van der Waals surface area contributed by atoms with Crippen LogP contribution in [0.25, 0.3) is 10.9 Å². The van der Waals surface area contributed by atoms with E-state index in [1.165, 1.54) is 12.1 Å². The molecule has 2 aromatic carbocycles. The van der Waals surface area contributed by atoms with Gasteiger partial charge in [0.25, 0.3) is 0 Å². The molecular weight excluding hydrogens is 433 g/mol. The van der Waals surface area contributed by atoms with Gasteiger partial charge in [-0.2, -0.15) is 0 Å². The molecule has 1 unspecified atom stereocenters. The molecule has 1 atom stereocenters. The largest absolute Gasteiger partial charge is 0.396 e. The second kappa shape index (κ2) is 11.6. The highest BCUT2D eigenvalue weighted by Crippen LogP contribution is 2.28. The van der Waals surface area contributed by atoms with Gasteiger partial charge in [0.1, 0.15) is 5.82 Å². The van der Waals surface area contributed by atoms with Gasteiger partial charge in [0.05, 0.1) is 19.1 Å². The minimum absolute atomic E-state index is 0.0734. The summed E-state index contributed by atoms with van der Waals surface area (Å²) in [5.74, 6) is -0.345. The van der Waals surface area contributed by atoms with E-state index in [0.717, 1.165) is 60.9 Å². The normalized spacial score (nSPS) is 16.1. The number of carbonyl (C=O) groups excluding carboxylic acids is 1. The summed E-state index contributed by atoms with van der Waals surface area (Å²) in [5, 5.41) is 22.3. The first-order valence-electron chi connectivity index (χ1n) is 12.1. The number of hydrogen-bond acceptors (Lipinski definition) is 4. The molecule has 0 aliphatic carbocycles. The van der Waals surface area contributed by atoms with E-state index >= 15 is 0 Å². The first-order valence-corrected chi connectivity index (χ1v) is 12.1. The lowest BCUT2D eigenvalue weighted by Crippen LogP contribution is -2.39. The Hall–Kier alpha value is -2.74. The molecule has 6 nitrogen and oxygen atoms in total. The Morgan fingerprint density at radius 2 is 1.79 bits per heavy atom. The van der Waals surface area contributed by atoms with Crippen molar-refractivity contribution in [2.75, 3.05) is 32.8 Å². The smallest absolute Gasteiger partial charge is 0.224 e. The fourth-order valence-electron chi connectivity index (χ4n) is 4.81. The van der Waals surface area contributed by atoms with Crippen molar-refractivity contribution in [3.05, 3.63) is 71.7 Å². The minimum atomic E-state index is -0.418. The lowest BCUT2D eigenvalue weighted by atomic mass is 10.0. The number of piperidine rings is 1. The lowest BCUT2D eigenvalue weighted by molar-refractivity contribution is -0.121. The van der Waals surface area contributed by atoms with Crippen LogP contribution in [-0.4, -0.2) is 64.5 Å². The molecule has 0 radical (unpaired) electrons. The van der Waals surface area contributed by atoms with Gasteiger partial charge in [-0.25, -0.2) is 4.39 Å². The topological polar surface area (TPSA) is 77.7 Å². The van der Waals surface area contributed by atoms with Crippen molar-refractivity contribution in [3.8, 4) is 0 Å². The standard InChI is InChI=1S/C27H34FN3O3/c28-23-5-2-20(3-6-23)7-12-30-13-9-25(10-14-30)31-15-8-22-4-1-21(17-26(22)31)18-27(34)29-24(19-33)11-16-32/h1-6,8,15,17,24-25,32-33H,7,9-14,16,18-19H2,(H,29,34). The van der Waals surface area contributed by atoms with Crippen molar-refractivity contribution in [2.24, 2.45) is 0 Å². The Kier molecular flexibility index (Phi) is 8.32. The van der Waals surface area contributed by atoms with E-state index in [1.54, 1.807) is 0 Å². The molecule has 1 saturated heterocycles. The van der Waals surface area contributed by atoms with Crippen LogP contribution in [0.2, 0.25) is 0 Å². The van der Waals surface area contributed by atoms with Crippen LogP contribution in [0.4, 0.5) is 4.39 Å². The molecule has 1 aliphatic rings. The molecule has 0 spiro atoms. The van der Waals surface area contributed by atoms with E-state index < -0.39 is 6.04 Å². The molecule has 3 aromatic rings. The molecular formula is C27H34FN3O3. The third-order valence-electron chi connectivity index (χ3n) is 6.80. The van der Waals surface area contributed by atoms with Crippen molar-refractivity contribution >= 4 is 16.8 Å². The lowest BCUT2D eigenvalue weighted by Gasteiger charge is -2.33. The summed E-state index contributed by atoms with van der Waals surface area (Å²) in [7, 11) is 0. The molecule has 0 bridgehead atoms. The van der Waals surface area contributed by atoms with Crippen LogP contribution in [0.15, 0.2) is 54.7 Å². The van der Waals surface area contributed by atoms with Crippen molar-refractivity contribution in [2.45, 2.75) is 44.2 Å². The van der Waals surface area contributed by atoms with Gasteiger partial charge in [0.2, 0.25) is 5.91 Å². The van der Waals surface area contributed by atoms with Gasteiger partial charge in [-0.05, 0) is 66.5 Å². The van der Waals surface area contributed by atoms with Gasteiger partial charge in [-0.3, -0.25) is 4.79 Å². The van der Waals surface area contributed by atoms with Crippen LogP contribution < -0.4 is 5.32 Å². The zero-order chi connectivity index (χ0) is 23.9. The number of aliphatic hydroxyl groups excluding tert-OH is 2. The van der Waals surface area contributed by atoms with Gasteiger partial charge in [0.15, 0.2) is 0 Å². The molecule has 7 heteroatoms. The molecule has 3 N–H and O–H groups in total. The number of carbonyl (C=O) groups is 1. The average molecular weight is 468 g/mol. The van der Waals surface area contributed by atoms with E-state index in [4.69, 9.17) is 5.11 Å². The number of benzene rings is 2. The van der Waals surface area contributed by atoms with Gasteiger partial charge in [-0.1, -0.05) is 24.3 Å². The van der Waals surface area contributed by atoms with Gasteiger partial charge in [0, 0.05) is 44.0 Å².